The van der Waals surface area contributed by atoms with Crippen LogP contribution in [0.1, 0.15) is 32.6 Å². The summed E-state index contributed by atoms with van der Waals surface area (Å²) in [6.07, 6.45) is 4.82. The summed E-state index contributed by atoms with van der Waals surface area (Å²) in [5.41, 5.74) is 2.10. The van der Waals surface area contributed by atoms with Crippen LogP contribution in [0.2, 0.25) is 0 Å². The van der Waals surface area contributed by atoms with Crippen molar-refractivity contribution in [3.8, 4) is 0 Å². The second-order valence-corrected chi connectivity index (χ2v) is 6.50. The number of para-hydroxylation sites is 2. The van der Waals surface area contributed by atoms with Gasteiger partial charge in [0.05, 0.1) is 11.4 Å². The number of fused-ring (bicyclic) bond motifs is 1. The number of likely N-dealkylation sites (N-methyl/N-ethyl adjacent to an activating group) is 1. The molecular weight excluding hydrogens is 262 g/mol. The van der Waals surface area contributed by atoms with E-state index >= 15 is 0 Å². The van der Waals surface area contributed by atoms with Gasteiger partial charge in [-0.05, 0) is 30.9 Å². The summed E-state index contributed by atoms with van der Waals surface area (Å²) in [5.74, 6) is 0.938. The first-order chi connectivity index (χ1) is 10.1. The molecule has 2 aliphatic rings. The normalized spacial score (nSPS) is 28.0. The van der Waals surface area contributed by atoms with Gasteiger partial charge in [-0.25, -0.2) is 0 Å². The molecule has 0 radical (unpaired) electrons. The van der Waals surface area contributed by atoms with Gasteiger partial charge < -0.3 is 15.5 Å². The van der Waals surface area contributed by atoms with Gasteiger partial charge in [-0.3, -0.25) is 4.79 Å². The van der Waals surface area contributed by atoms with Gasteiger partial charge >= 0.3 is 0 Å². The van der Waals surface area contributed by atoms with Crippen molar-refractivity contribution in [2.75, 3.05) is 24.2 Å². The van der Waals surface area contributed by atoms with Gasteiger partial charge in [0.2, 0.25) is 5.91 Å². The molecule has 0 bridgehead atoms. The number of rotatable bonds is 2. The van der Waals surface area contributed by atoms with E-state index in [4.69, 9.17) is 0 Å². The fourth-order valence-corrected chi connectivity index (χ4v) is 3.54. The highest BCUT2D eigenvalue weighted by Gasteiger charge is 2.31. The number of nitrogens with zero attached hydrogens (tertiary/aromatic N) is 1. The Kier molecular flexibility index (Phi) is 4.04. The molecule has 1 aliphatic heterocycles. The minimum Gasteiger partial charge on any atom is -0.381 e. The van der Waals surface area contributed by atoms with Crippen LogP contribution in [0.4, 0.5) is 11.4 Å². The zero-order valence-electron chi connectivity index (χ0n) is 12.9. The average Bonchev–Trinajstić information content (AvgIpc) is 2.53. The Morgan fingerprint density at radius 1 is 1.24 bits per heavy atom. The number of carbonyl (C=O) groups excluding carboxylic acids is 1. The van der Waals surface area contributed by atoms with Gasteiger partial charge in [-0.15, -0.1) is 0 Å². The standard InChI is InChI=1S/C17H25N3O/c1-12-6-5-7-13(10-12)20(2)17(21)16-11-18-14-8-3-4-9-15(14)19-16/h3-4,8-9,12-13,16,18-19H,5-7,10-11H2,1-2H3. The smallest absolute Gasteiger partial charge is 0.246 e. The van der Waals surface area contributed by atoms with E-state index in [1.165, 1.54) is 12.8 Å². The number of amides is 1. The molecule has 1 aliphatic carbocycles. The first kappa shape index (κ1) is 14.2. The second-order valence-electron chi connectivity index (χ2n) is 6.50. The molecule has 4 nitrogen and oxygen atoms in total. The van der Waals surface area contributed by atoms with Crippen LogP contribution in [0.5, 0.6) is 0 Å². The molecule has 1 heterocycles. The van der Waals surface area contributed by atoms with E-state index in [1.807, 2.05) is 36.2 Å². The summed E-state index contributed by atoms with van der Waals surface area (Å²) in [5, 5.41) is 6.72. The first-order valence-electron chi connectivity index (χ1n) is 8.01. The Balaban J connectivity index is 1.66. The summed E-state index contributed by atoms with van der Waals surface area (Å²) < 4.78 is 0. The zero-order valence-corrected chi connectivity index (χ0v) is 12.9. The lowest BCUT2D eigenvalue weighted by molar-refractivity contribution is -0.133. The lowest BCUT2D eigenvalue weighted by atomic mass is 9.86. The molecular formula is C17H25N3O. The van der Waals surface area contributed by atoms with E-state index < -0.39 is 0 Å². The van der Waals surface area contributed by atoms with E-state index in [1.54, 1.807) is 0 Å². The molecule has 2 N–H and O–H groups in total. The molecule has 1 aromatic rings. The first-order valence-corrected chi connectivity index (χ1v) is 8.01. The van der Waals surface area contributed by atoms with Crippen LogP contribution in [0, 0.1) is 5.92 Å². The highest BCUT2D eigenvalue weighted by atomic mass is 16.2. The van der Waals surface area contributed by atoms with Crippen LogP contribution in [0.25, 0.3) is 0 Å². The quantitative estimate of drug-likeness (QED) is 0.879. The van der Waals surface area contributed by atoms with Crippen molar-refractivity contribution in [3.05, 3.63) is 24.3 Å². The molecule has 1 aromatic carbocycles. The lowest BCUT2D eigenvalue weighted by Gasteiger charge is -2.37. The van der Waals surface area contributed by atoms with Gasteiger partial charge in [-0.2, -0.15) is 0 Å². The van der Waals surface area contributed by atoms with E-state index in [-0.39, 0.29) is 11.9 Å². The Morgan fingerprint density at radius 2 is 2.00 bits per heavy atom. The van der Waals surface area contributed by atoms with Crippen molar-refractivity contribution < 1.29 is 4.79 Å². The van der Waals surface area contributed by atoms with Crippen LogP contribution < -0.4 is 10.6 Å². The molecule has 0 spiro atoms. The molecule has 3 atom stereocenters. The molecule has 1 saturated carbocycles. The molecule has 114 valence electrons. The molecule has 1 fully saturated rings. The SMILES string of the molecule is CC1CCCC(N(C)C(=O)C2CNc3ccccc3N2)C1. The minimum absolute atomic E-state index is 0.165. The van der Waals surface area contributed by atoms with Gasteiger partial charge in [0.15, 0.2) is 0 Å². The fourth-order valence-electron chi connectivity index (χ4n) is 3.54. The third-order valence-corrected chi connectivity index (χ3v) is 4.86. The van der Waals surface area contributed by atoms with Crippen molar-refractivity contribution in [1.82, 2.24) is 4.90 Å². The molecule has 0 aromatic heterocycles. The van der Waals surface area contributed by atoms with Crippen molar-refractivity contribution in [1.29, 1.82) is 0 Å². The molecule has 4 heteroatoms. The number of nitrogens with one attached hydrogen (secondary N) is 2. The van der Waals surface area contributed by atoms with Crippen molar-refractivity contribution >= 4 is 17.3 Å². The predicted octanol–water partition coefficient (Wildman–Crippen LogP) is 2.93. The molecule has 1 amide bonds. The largest absolute Gasteiger partial charge is 0.381 e. The average molecular weight is 287 g/mol. The molecule has 0 saturated heterocycles. The summed E-state index contributed by atoms with van der Waals surface area (Å²) in [4.78, 5) is 14.7. The van der Waals surface area contributed by atoms with Crippen molar-refractivity contribution in [2.24, 2.45) is 5.92 Å². The van der Waals surface area contributed by atoms with E-state index in [2.05, 4.69) is 17.6 Å². The van der Waals surface area contributed by atoms with Gasteiger partial charge in [0, 0.05) is 19.6 Å². The Morgan fingerprint density at radius 3 is 2.76 bits per heavy atom. The Hall–Kier alpha value is -1.71. The number of anilines is 2. The summed E-state index contributed by atoms with van der Waals surface area (Å²) in [7, 11) is 1.97. The zero-order chi connectivity index (χ0) is 14.8. The van der Waals surface area contributed by atoms with Gasteiger partial charge in [-0.1, -0.05) is 31.9 Å². The minimum atomic E-state index is -0.165. The van der Waals surface area contributed by atoms with Crippen molar-refractivity contribution in [3.63, 3.8) is 0 Å². The highest BCUT2D eigenvalue weighted by molar-refractivity contribution is 5.88. The maximum atomic E-state index is 12.7. The number of hydrogen-bond donors (Lipinski definition) is 2. The Bertz CT molecular complexity index is 517. The maximum Gasteiger partial charge on any atom is 0.246 e. The third-order valence-electron chi connectivity index (χ3n) is 4.86. The number of benzene rings is 1. The van der Waals surface area contributed by atoms with Gasteiger partial charge in [0.25, 0.3) is 0 Å². The predicted molar refractivity (Wildman–Crippen MR) is 86.5 cm³/mol. The summed E-state index contributed by atoms with van der Waals surface area (Å²) in [6.45, 7) is 2.95. The van der Waals surface area contributed by atoms with Crippen molar-refractivity contribution in [2.45, 2.75) is 44.7 Å². The van der Waals surface area contributed by atoms with E-state index in [0.717, 1.165) is 30.1 Å². The number of hydrogen-bond acceptors (Lipinski definition) is 3. The molecule has 3 rings (SSSR count). The van der Waals surface area contributed by atoms with E-state index in [0.29, 0.717) is 12.6 Å². The van der Waals surface area contributed by atoms with Crippen LogP contribution in [0.3, 0.4) is 0 Å². The Labute approximate surface area is 126 Å². The van der Waals surface area contributed by atoms with Crippen LogP contribution in [-0.2, 0) is 4.79 Å². The topological polar surface area (TPSA) is 44.4 Å². The monoisotopic (exact) mass is 287 g/mol. The third kappa shape index (κ3) is 2.99. The molecule has 21 heavy (non-hydrogen) atoms. The summed E-state index contributed by atoms with van der Waals surface area (Å²) >= 11 is 0. The van der Waals surface area contributed by atoms with E-state index in [9.17, 15) is 4.79 Å². The summed E-state index contributed by atoms with van der Waals surface area (Å²) in [6, 6.07) is 8.29. The fraction of sp³-hybridized carbons (Fsp3) is 0.588. The maximum absolute atomic E-state index is 12.7. The lowest BCUT2D eigenvalue weighted by Crippen LogP contribution is -2.50. The van der Waals surface area contributed by atoms with Crippen LogP contribution in [-0.4, -0.2) is 36.5 Å². The number of carbonyl (C=O) groups is 1. The van der Waals surface area contributed by atoms with Gasteiger partial charge in [0.1, 0.15) is 6.04 Å². The van der Waals surface area contributed by atoms with Crippen LogP contribution >= 0.6 is 0 Å². The van der Waals surface area contributed by atoms with Crippen LogP contribution in [0.15, 0.2) is 24.3 Å². The second kappa shape index (κ2) is 5.96. The highest BCUT2D eigenvalue weighted by Crippen LogP contribution is 2.29. The molecule has 3 unspecified atom stereocenters.